The molecule has 2 aliphatic rings. The Morgan fingerprint density at radius 3 is 2.31 bits per heavy atom. The van der Waals surface area contributed by atoms with E-state index in [9.17, 15) is 17.6 Å². The first kappa shape index (κ1) is 17.2. The molecule has 4 rings (SSSR count). The maximum atomic E-state index is 13.1. The molecular formula is C19H19FN2O3S. The smallest absolute Gasteiger partial charge is 0.241 e. The zero-order valence-electron chi connectivity index (χ0n) is 14.1. The Balaban J connectivity index is 1.65. The molecule has 136 valence electrons. The summed E-state index contributed by atoms with van der Waals surface area (Å²) >= 11 is 0. The van der Waals surface area contributed by atoms with Gasteiger partial charge in [0, 0.05) is 18.3 Å². The summed E-state index contributed by atoms with van der Waals surface area (Å²) in [6, 6.07) is 14.6. The molecule has 0 unspecified atom stereocenters. The summed E-state index contributed by atoms with van der Waals surface area (Å²) in [6.45, 7) is 0.564. The van der Waals surface area contributed by atoms with Gasteiger partial charge in [-0.3, -0.25) is 9.69 Å². The summed E-state index contributed by atoms with van der Waals surface area (Å²) in [7, 11) is -3.22. The molecule has 0 N–H and O–H groups in total. The first-order valence-electron chi connectivity index (χ1n) is 8.49. The van der Waals surface area contributed by atoms with Crippen molar-refractivity contribution in [2.75, 3.05) is 23.0 Å². The molecule has 2 atom stereocenters. The Hall–Kier alpha value is -2.25. The van der Waals surface area contributed by atoms with Crippen LogP contribution in [-0.4, -0.2) is 49.4 Å². The first-order chi connectivity index (χ1) is 12.4. The fourth-order valence-corrected chi connectivity index (χ4v) is 5.86. The van der Waals surface area contributed by atoms with Crippen molar-refractivity contribution in [2.24, 2.45) is 0 Å². The highest BCUT2D eigenvalue weighted by atomic mass is 32.2. The number of benzene rings is 2. The fourth-order valence-electron chi connectivity index (χ4n) is 3.88. The molecule has 2 aromatic carbocycles. The molecule has 2 saturated heterocycles. The summed E-state index contributed by atoms with van der Waals surface area (Å²) in [5, 5.41) is 0. The maximum Gasteiger partial charge on any atom is 0.241 e. The molecule has 0 aliphatic carbocycles. The molecule has 0 radical (unpaired) electrons. The van der Waals surface area contributed by atoms with Gasteiger partial charge in [0.05, 0.1) is 24.1 Å². The van der Waals surface area contributed by atoms with Crippen molar-refractivity contribution in [3.05, 3.63) is 66.0 Å². The minimum absolute atomic E-state index is 0.0295. The number of carbonyl (C=O) groups is 1. The number of sulfone groups is 1. The van der Waals surface area contributed by atoms with Gasteiger partial charge in [-0.15, -0.1) is 0 Å². The Morgan fingerprint density at radius 1 is 0.962 bits per heavy atom. The average molecular weight is 374 g/mol. The number of para-hydroxylation sites is 1. The molecule has 2 fully saturated rings. The van der Waals surface area contributed by atoms with Crippen LogP contribution in [-0.2, 0) is 21.2 Å². The van der Waals surface area contributed by atoms with Crippen LogP contribution in [0.1, 0.15) is 5.56 Å². The summed E-state index contributed by atoms with van der Waals surface area (Å²) in [5.74, 6) is -0.426. The number of carbonyl (C=O) groups excluding carboxylic acids is 1. The number of hydrogen-bond acceptors (Lipinski definition) is 4. The van der Waals surface area contributed by atoms with Crippen LogP contribution in [0.3, 0.4) is 0 Å². The van der Waals surface area contributed by atoms with Crippen LogP contribution in [0.25, 0.3) is 0 Å². The van der Waals surface area contributed by atoms with Crippen molar-refractivity contribution in [2.45, 2.75) is 18.6 Å². The maximum absolute atomic E-state index is 13.1. The zero-order chi connectivity index (χ0) is 18.3. The summed E-state index contributed by atoms with van der Waals surface area (Å²) in [5.41, 5.74) is 1.58. The summed E-state index contributed by atoms with van der Waals surface area (Å²) in [4.78, 5) is 16.4. The van der Waals surface area contributed by atoms with E-state index in [-0.39, 0.29) is 35.8 Å². The lowest BCUT2D eigenvalue weighted by Gasteiger charge is -2.43. The standard InChI is InChI=1S/C19H19FN2O3S/c20-15-8-6-14(7-9-15)10-21-11-19(23)22(16-4-2-1-3-5-16)18-13-26(24,25)12-17(18)21/h1-9,17-18H,10-13H2/t17-,18-/m1/s1. The van der Waals surface area contributed by atoms with Gasteiger partial charge >= 0.3 is 0 Å². The van der Waals surface area contributed by atoms with E-state index in [1.807, 2.05) is 35.2 Å². The van der Waals surface area contributed by atoms with E-state index in [1.165, 1.54) is 12.1 Å². The number of fused-ring (bicyclic) bond motifs is 1. The van der Waals surface area contributed by atoms with E-state index in [2.05, 4.69) is 0 Å². The Morgan fingerprint density at radius 2 is 1.62 bits per heavy atom. The summed E-state index contributed by atoms with van der Waals surface area (Å²) in [6.07, 6.45) is 0. The van der Waals surface area contributed by atoms with E-state index in [1.54, 1.807) is 17.0 Å². The lowest BCUT2D eigenvalue weighted by molar-refractivity contribution is -0.123. The fraction of sp³-hybridized carbons (Fsp3) is 0.316. The molecule has 0 aromatic heterocycles. The van der Waals surface area contributed by atoms with E-state index >= 15 is 0 Å². The van der Waals surface area contributed by atoms with Gasteiger partial charge in [0.25, 0.3) is 0 Å². The number of hydrogen-bond donors (Lipinski definition) is 0. The largest absolute Gasteiger partial charge is 0.306 e. The number of halogens is 1. The molecule has 2 aromatic rings. The van der Waals surface area contributed by atoms with Crippen molar-refractivity contribution < 1.29 is 17.6 Å². The lowest BCUT2D eigenvalue weighted by atomic mass is 10.0. The third-order valence-corrected chi connectivity index (χ3v) is 6.73. The quantitative estimate of drug-likeness (QED) is 0.823. The second-order valence-corrected chi connectivity index (χ2v) is 9.00. The average Bonchev–Trinajstić information content (AvgIpc) is 2.93. The van der Waals surface area contributed by atoms with Crippen molar-refractivity contribution in [1.82, 2.24) is 4.90 Å². The van der Waals surface area contributed by atoms with Crippen LogP contribution in [0.4, 0.5) is 10.1 Å². The Kier molecular flexibility index (Phi) is 4.28. The molecule has 26 heavy (non-hydrogen) atoms. The third-order valence-electron chi connectivity index (χ3n) is 5.03. The topological polar surface area (TPSA) is 57.7 Å². The zero-order valence-corrected chi connectivity index (χ0v) is 14.9. The van der Waals surface area contributed by atoms with Crippen LogP contribution in [0.5, 0.6) is 0 Å². The number of rotatable bonds is 3. The van der Waals surface area contributed by atoms with Crippen LogP contribution in [0.2, 0.25) is 0 Å². The van der Waals surface area contributed by atoms with Gasteiger partial charge in [0.1, 0.15) is 5.82 Å². The molecule has 0 saturated carbocycles. The van der Waals surface area contributed by atoms with Gasteiger partial charge in [-0.2, -0.15) is 0 Å². The molecular weight excluding hydrogens is 355 g/mol. The first-order valence-corrected chi connectivity index (χ1v) is 10.3. The lowest BCUT2D eigenvalue weighted by Crippen LogP contribution is -2.61. The van der Waals surface area contributed by atoms with Crippen LogP contribution in [0.15, 0.2) is 54.6 Å². The molecule has 7 heteroatoms. The molecule has 0 spiro atoms. The predicted octanol–water partition coefficient (Wildman–Crippen LogP) is 1.84. The van der Waals surface area contributed by atoms with Gasteiger partial charge in [-0.25, -0.2) is 12.8 Å². The van der Waals surface area contributed by atoms with Gasteiger partial charge in [0.15, 0.2) is 9.84 Å². The highest BCUT2D eigenvalue weighted by molar-refractivity contribution is 7.91. The van der Waals surface area contributed by atoms with Gasteiger partial charge in [-0.1, -0.05) is 30.3 Å². The van der Waals surface area contributed by atoms with Crippen molar-refractivity contribution >= 4 is 21.4 Å². The molecule has 0 bridgehead atoms. The highest BCUT2D eigenvalue weighted by Gasteiger charge is 2.49. The van der Waals surface area contributed by atoms with Gasteiger partial charge in [0.2, 0.25) is 5.91 Å². The van der Waals surface area contributed by atoms with Crippen LogP contribution in [0, 0.1) is 5.82 Å². The van der Waals surface area contributed by atoms with Gasteiger partial charge in [-0.05, 0) is 29.8 Å². The number of nitrogens with zero attached hydrogens (tertiary/aromatic N) is 2. The number of amides is 1. The molecule has 2 heterocycles. The number of anilines is 1. The van der Waals surface area contributed by atoms with E-state index in [0.29, 0.717) is 6.54 Å². The molecule has 2 aliphatic heterocycles. The minimum Gasteiger partial charge on any atom is -0.306 e. The van der Waals surface area contributed by atoms with Crippen LogP contribution < -0.4 is 4.90 Å². The van der Waals surface area contributed by atoms with E-state index in [0.717, 1.165) is 11.3 Å². The van der Waals surface area contributed by atoms with Gasteiger partial charge < -0.3 is 4.90 Å². The highest BCUT2D eigenvalue weighted by Crippen LogP contribution is 2.32. The predicted molar refractivity (Wildman–Crippen MR) is 97.0 cm³/mol. The SMILES string of the molecule is O=C1CN(Cc2ccc(F)cc2)[C@@H]2CS(=O)(=O)C[C@H]2N1c1ccccc1. The van der Waals surface area contributed by atoms with E-state index in [4.69, 9.17) is 0 Å². The second-order valence-electron chi connectivity index (χ2n) is 6.84. The van der Waals surface area contributed by atoms with Crippen molar-refractivity contribution in [3.63, 3.8) is 0 Å². The minimum atomic E-state index is -3.22. The second kappa shape index (κ2) is 6.48. The molecule has 1 amide bonds. The normalized spacial score (nSPS) is 25.3. The molecule has 5 nitrogen and oxygen atoms in total. The van der Waals surface area contributed by atoms with Crippen LogP contribution >= 0.6 is 0 Å². The van der Waals surface area contributed by atoms with Crippen molar-refractivity contribution in [1.29, 1.82) is 0 Å². The Labute approximate surface area is 152 Å². The van der Waals surface area contributed by atoms with E-state index < -0.39 is 15.9 Å². The number of piperazine rings is 1. The summed E-state index contributed by atoms with van der Waals surface area (Å²) < 4.78 is 37.7. The third kappa shape index (κ3) is 3.24. The Bertz CT molecular complexity index is 916. The van der Waals surface area contributed by atoms with Crippen molar-refractivity contribution in [3.8, 4) is 0 Å². The monoisotopic (exact) mass is 374 g/mol.